The topological polar surface area (TPSA) is 84.2 Å². The van der Waals surface area contributed by atoms with Crippen LogP contribution in [0.2, 0.25) is 0 Å². The zero-order chi connectivity index (χ0) is 13.8. The quantitative estimate of drug-likeness (QED) is 0.791. The predicted octanol–water partition coefficient (Wildman–Crippen LogP) is 1.17. The second-order valence-electron chi connectivity index (χ2n) is 4.24. The first-order valence-electron chi connectivity index (χ1n) is 6.01. The lowest BCUT2D eigenvalue weighted by Crippen LogP contribution is -2.25. The second-order valence-corrected chi connectivity index (χ2v) is 4.24. The van der Waals surface area contributed by atoms with E-state index in [4.69, 9.17) is 5.11 Å². The van der Waals surface area contributed by atoms with Gasteiger partial charge in [-0.2, -0.15) is 5.10 Å². The molecule has 1 aromatic heterocycles. The first-order valence-corrected chi connectivity index (χ1v) is 6.01. The molecule has 0 bridgehead atoms. The van der Waals surface area contributed by atoms with Crippen molar-refractivity contribution in [2.45, 2.75) is 12.8 Å². The van der Waals surface area contributed by atoms with Gasteiger partial charge in [-0.1, -0.05) is 18.2 Å². The summed E-state index contributed by atoms with van der Waals surface area (Å²) in [6.45, 7) is 0.329. The standard InChI is InChI=1S/C13H15N3O3/c1-16-10-6-3-2-5-9(10)12(15-16)13(19)14-8-4-7-11(17)18/h2-3,5-6H,4,7-8H2,1H3,(H,14,19)(H,17,18). The highest BCUT2D eigenvalue weighted by Gasteiger charge is 2.14. The minimum absolute atomic E-state index is 0.0449. The Labute approximate surface area is 110 Å². The lowest BCUT2D eigenvalue weighted by Gasteiger charge is -2.01. The molecule has 1 amide bonds. The maximum absolute atomic E-state index is 12.0. The molecule has 0 saturated heterocycles. The van der Waals surface area contributed by atoms with E-state index in [1.54, 1.807) is 11.7 Å². The van der Waals surface area contributed by atoms with Crippen molar-refractivity contribution < 1.29 is 14.7 Å². The molecule has 6 heteroatoms. The van der Waals surface area contributed by atoms with Crippen LogP contribution in [-0.2, 0) is 11.8 Å². The van der Waals surface area contributed by atoms with Crippen molar-refractivity contribution in [2.24, 2.45) is 7.05 Å². The Kier molecular flexibility index (Phi) is 3.79. The summed E-state index contributed by atoms with van der Waals surface area (Å²) < 4.78 is 1.65. The zero-order valence-corrected chi connectivity index (χ0v) is 10.6. The van der Waals surface area contributed by atoms with Gasteiger partial charge in [0.1, 0.15) is 0 Å². The van der Waals surface area contributed by atoms with Crippen LogP contribution in [0.15, 0.2) is 24.3 Å². The fourth-order valence-electron chi connectivity index (χ4n) is 1.91. The van der Waals surface area contributed by atoms with Gasteiger partial charge in [0.25, 0.3) is 5.91 Å². The van der Waals surface area contributed by atoms with E-state index in [-0.39, 0.29) is 12.3 Å². The largest absolute Gasteiger partial charge is 0.481 e. The van der Waals surface area contributed by atoms with Gasteiger partial charge < -0.3 is 10.4 Å². The van der Waals surface area contributed by atoms with Gasteiger partial charge in [0.2, 0.25) is 0 Å². The average Bonchev–Trinajstić information content (AvgIpc) is 2.72. The molecule has 0 atom stereocenters. The third-order valence-electron chi connectivity index (χ3n) is 2.83. The summed E-state index contributed by atoms with van der Waals surface area (Å²) >= 11 is 0. The Hall–Kier alpha value is -2.37. The van der Waals surface area contributed by atoms with Crippen LogP contribution < -0.4 is 5.32 Å². The summed E-state index contributed by atoms with van der Waals surface area (Å²) in [6, 6.07) is 7.47. The van der Waals surface area contributed by atoms with Crippen molar-refractivity contribution in [1.82, 2.24) is 15.1 Å². The van der Waals surface area contributed by atoms with Gasteiger partial charge >= 0.3 is 5.97 Å². The number of benzene rings is 1. The van der Waals surface area contributed by atoms with Crippen LogP contribution in [0, 0.1) is 0 Å². The summed E-state index contributed by atoms with van der Waals surface area (Å²) in [5.74, 6) is -1.14. The minimum Gasteiger partial charge on any atom is -0.481 e. The van der Waals surface area contributed by atoms with Gasteiger partial charge in [-0.05, 0) is 12.5 Å². The Bertz CT molecular complexity index is 619. The number of hydrogen-bond acceptors (Lipinski definition) is 3. The number of nitrogens with zero attached hydrogens (tertiary/aromatic N) is 2. The van der Waals surface area contributed by atoms with Gasteiger partial charge in [-0.3, -0.25) is 14.3 Å². The molecule has 1 heterocycles. The molecule has 0 unspecified atom stereocenters. The van der Waals surface area contributed by atoms with Crippen LogP contribution in [0.25, 0.3) is 10.9 Å². The number of nitrogens with one attached hydrogen (secondary N) is 1. The average molecular weight is 261 g/mol. The van der Waals surface area contributed by atoms with E-state index < -0.39 is 5.97 Å². The van der Waals surface area contributed by atoms with Crippen molar-refractivity contribution in [1.29, 1.82) is 0 Å². The molecule has 6 nitrogen and oxygen atoms in total. The van der Waals surface area contributed by atoms with Crippen LogP contribution in [0.4, 0.5) is 0 Å². The number of aliphatic carboxylic acids is 1. The number of carboxylic acids is 1. The molecule has 2 rings (SSSR count). The predicted molar refractivity (Wildman–Crippen MR) is 69.9 cm³/mol. The molecule has 19 heavy (non-hydrogen) atoms. The number of carbonyl (C=O) groups is 2. The number of fused-ring (bicyclic) bond motifs is 1. The smallest absolute Gasteiger partial charge is 0.303 e. The lowest BCUT2D eigenvalue weighted by atomic mass is 10.2. The molecule has 0 saturated carbocycles. The SMILES string of the molecule is Cn1nc(C(=O)NCCCC(=O)O)c2ccccc21. The minimum atomic E-state index is -0.863. The third kappa shape index (κ3) is 2.90. The maximum atomic E-state index is 12.0. The normalized spacial score (nSPS) is 10.6. The van der Waals surface area contributed by atoms with E-state index in [1.165, 1.54) is 0 Å². The first kappa shape index (κ1) is 13.1. The van der Waals surface area contributed by atoms with E-state index in [0.29, 0.717) is 18.7 Å². The summed E-state index contributed by atoms with van der Waals surface area (Å²) in [5.41, 5.74) is 1.26. The van der Waals surface area contributed by atoms with Gasteiger partial charge in [0.15, 0.2) is 5.69 Å². The summed E-state index contributed by atoms with van der Waals surface area (Å²) in [5, 5.41) is 16.2. The van der Waals surface area contributed by atoms with Gasteiger partial charge in [-0.25, -0.2) is 0 Å². The molecule has 0 aliphatic rings. The Morgan fingerprint density at radius 1 is 1.37 bits per heavy atom. The number of para-hydroxylation sites is 1. The van der Waals surface area contributed by atoms with Crippen LogP contribution in [0.5, 0.6) is 0 Å². The highest BCUT2D eigenvalue weighted by atomic mass is 16.4. The van der Waals surface area contributed by atoms with E-state index >= 15 is 0 Å². The zero-order valence-electron chi connectivity index (χ0n) is 10.6. The number of rotatable bonds is 5. The van der Waals surface area contributed by atoms with E-state index in [0.717, 1.165) is 10.9 Å². The third-order valence-corrected chi connectivity index (χ3v) is 2.83. The molecule has 0 aliphatic heterocycles. The first-order chi connectivity index (χ1) is 9.09. The summed E-state index contributed by atoms with van der Waals surface area (Å²) in [7, 11) is 1.78. The van der Waals surface area contributed by atoms with Crippen LogP contribution >= 0.6 is 0 Å². The maximum Gasteiger partial charge on any atom is 0.303 e. The van der Waals surface area contributed by atoms with Crippen molar-refractivity contribution in [3.05, 3.63) is 30.0 Å². The van der Waals surface area contributed by atoms with E-state index in [1.807, 2.05) is 24.3 Å². The van der Waals surface area contributed by atoms with Crippen molar-refractivity contribution in [3.8, 4) is 0 Å². The highest BCUT2D eigenvalue weighted by Crippen LogP contribution is 2.17. The van der Waals surface area contributed by atoms with Crippen molar-refractivity contribution in [2.75, 3.05) is 6.54 Å². The summed E-state index contributed by atoms with van der Waals surface area (Å²) in [6.07, 6.45) is 0.453. The molecular weight excluding hydrogens is 246 g/mol. The van der Waals surface area contributed by atoms with Crippen LogP contribution in [0.3, 0.4) is 0 Å². The van der Waals surface area contributed by atoms with Crippen molar-refractivity contribution in [3.63, 3.8) is 0 Å². The number of amides is 1. The Morgan fingerprint density at radius 3 is 2.84 bits per heavy atom. The molecule has 100 valence electrons. The number of aromatic nitrogens is 2. The fourth-order valence-corrected chi connectivity index (χ4v) is 1.91. The summed E-state index contributed by atoms with van der Waals surface area (Å²) in [4.78, 5) is 22.3. The van der Waals surface area contributed by atoms with Crippen LogP contribution in [0.1, 0.15) is 23.3 Å². The molecule has 0 fully saturated rings. The Morgan fingerprint density at radius 2 is 2.11 bits per heavy atom. The fraction of sp³-hybridized carbons (Fsp3) is 0.308. The number of hydrogen-bond donors (Lipinski definition) is 2. The molecule has 2 N–H and O–H groups in total. The number of carboxylic acid groups (broad SMARTS) is 1. The molecule has 0 radical (unpaired) electrons. The van der Waals surface area contributed by atoms with Gasteiger partial charge in [0, 0.05) is 25.4 Å². The van der Waals surface area contributed by atoms with Gasteiger partial charge in [-0.15, -0.1) is 0 Å². The molecule has 0 spiro atoms. The molecular formula is C13H15N3O3. The van der Waals surface area contributed by atoms with Crippen LogP contribution in [-0.4, -0.2) is 33.3 Å². The number of carbonyl (C=O) groups excluding carboxylic acids is 1. The lowest BCUT2D eigenvalue weighted by molar-refractivity contribution is -0.137. The van der Waals surface area contributed by atoms with E-state index in [2.05, 4.69) is 10.4 Å². The monoisotopic (exact) mass is 261 g/mol. The second kappa shape index (κ2) is 5.51. The molecule has 1 aromatic carbocycles. The van der Waals surface area contributed by atoms with Crippen molar-refractivity contribution >= 4 is 22.8 Å². The number of aryl methyl sites for hydroxylation is 1. The van der Waals surface area contributed by atoms with E-state index in [9.17, 15) is 9.59 Å². The highest BCUT2D eigenvalue weighted by molar-refractivity contribution is 6.04. The van der Waals surface area contributed by atoms with Gasteiger partial charge in [0.05, 0.1) is 5.52 Å². The molecule has 2 aromatic rings. The molecule has 0 aliphatic carbocycles. The Balaban J connectivity index is 2.07.